The van der Waals surface area contributed by atoms with E-state index in [1.54, 1.807) is 18.2 Å². The van der Waals surface area contributed by atoms with Crippen molar-refractivity contribution in [1.82, 2.24) is 10.3 Å². The maximum Gasteiger partial charge on any atom is 0.269 e. The number of benzene rings is 3. The van der Waals surface area contributed by atoms with E-state index < -0.39 is 0 Å². The Balaban J connectivity index is 1.40. The van der Waals surface area contributed by atoms with Gasteiger partial charge in [0.1, 0.15) is 0 Å². The van der Waals surface area contributed by atoms with Crippen LogP contribution in [0.15, 0.2) is 71.7 Å². The number of hydrogen-bond acceptors (Lipinski definition) is 6. The minimum atomic E-state index is -0.381. The van der Waals surface area contributed by atoms with E-state index in [0.717, 1.165) is 40.6 Å². The molecular formula is C27H29N5O3. The summed E-state index contributed by atoms with van der Waals surface area (Å²) in [5.74, 6) is 0.0753. The van der Waals surface area contributed by atoms with Gasteiger partial charge in [-0.05, 0) is 61.2 Å². The molecule has 0 aliphatic heterocycles. The van der Waals surface area contributed by atoms with Crippen LogP contribution in [0.4, 0.5) is 17.1 Å². The molecule has 0 amide bonds. The Morgan fingerprint density at radius 1 is 1.11 bits per heavy atom. The highest BCUT2D eigenvalue weighted by Gasteiger charge is 2.14. The zero-order valence-electron chi connectivity index (χ0n) is 19.8. The van der Waals surface area contributed by atoms with Crippen molar-refractivity contribution in [3.05, 3.63) is 93.5 Å². The van der Waals surface area contributed by atoms with Gasteiger partial charge in [-0.3, -0.25) is 15.1 Å². The molecule has 0 fully saturated rings. The smallest absolute Gasteiger partial charge is 0.269 e. The lowest BCUT2D eigenvalue weighted by Gasteiger charge is -2.17. The molecule has 180 valence electrons. The number of non-ortho nitro benzene ring substituents is 1. The summed E-state index contributed by atoms with van der Waals surface area (Å²) in [6.07, 6.45) is 1.74. The van der Waals surface area contributed by atoms with Crippen molar-refractivity contribution in [2.24, 2.45) is 4.99 Å². The first-order valence-corrected chi connectivity index (χ1v) is 11.6. The molecule has 4 aromatic rings. The number of nitro groups is 1. The van der Waals surface area contributed by atoms with E-state index in [1.165, 1.54) is 0 Å². The molecule has 1 heterocycles. The number of nitrogen functional groups attached to an aromatic ring is 1. The van der Waals surface area contributed by atoms with Crippen LogP contribution in [-0.4, -0.2) is 26.8 Å². The van der Waals surface area contributed by atoms with Gasteiger partial charge in [0.05, 0.1) is 21.9 Å². The number of aromatic nitrogens is 1. The zero-order chi connectivity index (χ0) is 24.9. The second-order valence-electron chi connectivity index (χ2n) is 8.63. The molecular weight excluding hydrogens is 442 g/mol. The van der Waals surface area contributed by atoms with Crippen molar-refractivity contribution >= 4 is 33.7 Å². The normalized spacial score (nSPS) is 12.7. The monoisotopic (exact) mass is 471 g/mol. The van der Waals surface area contributed by atoms with E-state index >= 15 is 0 Å². The summed E-state index contributed by atoms with van der Waals surface area (Å²) in [6.45, 7) is 4.69. The van der Waals surface area contributed by atoms with E-state index in [4.69, 9.17) is 10.7 Å². The van der Waals surface area contributed by atoms with Gasteiger partial charge in [0.25, 0.3) is 5.69 Å². The summed E-state index contributed by atoms with van der Waals surface area (Å²) in [5.41, 5.74) is 11.8. The third-order valence-electron chi connectivity index (χ3n) is 6.11. The Hall–Kier alpha value is -4.17. The first-order valence-electron chi connectivity index (χ1n) is 11.6. The average Bonchev–Trinajstić information content (AvgIpc) is 3.17. The molecule has 1 atom stereocenters. The lowest BCUT2D eigenvalue weighted by Crippen LogP contribution is -2.30. The average molecular weight is 472 g/mol. The number of anilines is 1. The van der Waals surface area contributed by atoms with E-state index in [1.807, 2.05) is 55.5 Å². The number of fused-ring (bicyclic) bond motifs is 1. The second kappa shape index (κ2) is 10.4. The molecule has 0 saturated carbocycles. The first-order chi connectivity index (χ1) is 16.8. The van der Waals surface area contributed by atoms with Crippen LogP contribution in [0.5, 0.6) is 5.88 Å². The fourth-order valence-electron chi connectivity index (χ4n) is 4.16. The number of hydrogen-bond donors (Lipinski definition) is 4. The van der Waals surface area contributed by atoms with Crippen LogP contribution >= 0.6 is 0 Å². The van der Waals surface area contributed by atoms with Gasteiger partial charge in [0, 0.05) is 41.3 Å². The van der Waals surface area contributed by atoms with Crippen LogP contribution in [0.1, 0.15) is 37.0 Å². The molecule has 4 rings (SSSR count). The predicted octanol–water partition coefficient (Wildman–Crippen LogP) is 5.62. The summed E-state index contributed by atoms with van der Waals surface area (Å²) in [7, 11) is 0. The molecule has 3 aromatic carbocycles. The Bertz CT molecular complexity index is 1360. The summed E-state index contributed by atoms with van der Waals surface area (Å²) in [6, 6.07) is 20.4. The molecule has 8 nitrogen and oxygen atoms in total. The number of aliphatic imine (C=N–C) groups is 1. The molecule has 1 aromatic heterocycles. The van der Waals surface area contributed by atoms with Crippen molar-refractivity contribution in [1.29, 1.82) is 0 Å². The number of H-pyrrole nitrogens is 1. The van der Waals surface area contributed by atoms with E-state index in [0.29, 0.717) is 23.5 Å². The molecule has 0 spiro atoms. The SMILES string of the molecule is CCC(Cc1ccc([N+](=O)[O-])cc1)NCc1ccc(N=C(C)c2c(O)[nH]c3ccc(N)cc23)cc1. The third-order valence-corrected chi connectivity index (χ3v) is 6.11. The molecule has 0 aliphatic carbocycles. The van der Waals surface area contributed by atoms with Crippen LogP contribution < -0.4 is 11.1 Å². The van der Waals surface area contributed by atoms with Gasteiger partial charge in [-0.1, -0.05) is 31.2 Å². The van der Waals surface area contributed by atoms with Crippen LogP contribution in [0.3, 0.4) is 0 Å². The molecule has 0 aliphatic rings. The Morgan fingerprint density at radius 3 is 2.46 bits per heavy atom. The Morgan fingerprint density at radius 2 is 1.80 bits per heavy atom. The minimum absolute atomic E-state index is 0.0753. The van der Waals surface area contributed by atoms with Gasteiger partial charge in [0.15, 0.2) is 5.88 Å². The maximum absolute atomic E-state index is 10.8. The second-order valence-corrected chi connectivity index (χ2v) is 8.63. The number of nitro benzene ring substituents is 1. The highest BCUT2D eigenvalue weighted by atomic mass is 16.6. The summed E-state index contributed by atoms with van der Waals surface area (Å²) >= 11 is 0. The van der Waals surface area contributed by atoms with Crippen LogP contribution in [-0.2, 0) is 13.0 Å². The first kappa shape index (κ1) is 24.0. The number of nitrogens with one attached hydrogen (secondary N) is 2. The van der Waals surface area contributed by atoms with Crippen LogP contribution in [0.25, 0.3) is 10.9 Å². The van der Waals surface area contributed by atoms with Crippen molar-refractivity contribution < 1.29 is 10.0 Å². The number of nitrogens with zero attached hydrogens (tertiary/aromatic N) is 2. The Labute approximate surface area is 203 Å². The van der Waals surface area contributed by atoms with Crippen LogP contribution in [0, 0.1) is 10.1 Å². The number of rotatable bonds is 9. The van der Waals surface area contributed by atoms with Gasteiger partial charge < -0.3 is 21.1 Å². The van der Waals surface area contributed by atoms with E-state index in [-0.39, 0.29) is 22.5 Å². The summed E-state index contributed by atoms with van der Waals surface area (Å²) in [4.78, 5) is 18.1. The number of aromatic amines is 1. The molecule has 0 radical (unpaired) electrons. The van der Waals surface area contributed by atoms with Crippen molar-refractivity contribution in [3.63, 3.8) is 0 Å². The molecule has 8 heteroatoms. The van der Waals surface area contributed by atoms with Gasteiger partial charge in [-0.2, -0.15) is 0 Å². The van der Waals surface area contributed by atoms with E-state index in [2.05, 4.69) is 17.2 Å². The van der Waals surface area contributed by atoms with Gasteiger partial charge in [-0.15, -0.1) is 0 Å². The standard InChI is InChI=1S/C27H29N5O3/c1-3-21(14-18-6-11-23(12-7-18)32(34)35)29-16-19-4-9-22(10-5-19)30-17(2)26-24-15-20(28)8-13-25(24)31-27(26)33/h4-13,15,21,29,31,33H,3,14,16,28H2,1-2H3. The summed E-state index contributed by atoms with van der Waals surface area (Å²) < 4.78 is 0. The van der Waals surface area contributed by atoms with Crippen molar-refractivity contribution in [2.75, 3.05) is 5.73 Å². The van der Waals surface area contributed by atoms with Gasteiger partial charge in [0.2, 0.25) is 0 Å². The molecule has 5 N–H and O–H groups in total. The maximum atomic E-state index is 10.8. The molecule has 0 bridgehead atoms. The van der Waals surface area contributed by atoms with E-state index in [9.17, 15) is 15.2 Å². The Kier molecular flexibility index (Phi) is 7.12. The van der Waals surface area contributed by atoms with Gasteiger partial charge in [-0.25, -0.2) is 0 Å². The fraction of sp³-hybridized carbons (Fsp3) is 0.222. The highest BCUT2D eigenvalue weighted by molar-refractivity contribution is 6.13. The lowest BCUT2D eigenvalue weighted by molar-refractivity contribution is -0.384. The van der Waals surface area contributed by atoms with Crippen molar-refractivity contribution in [3.8, 4) is 5.88 Å². The topological polar surface area (TPSA) is 130 Å². The zero-order valence-corrected chi connectivity index (χ0v) is 19.8. The third kappa shape index (κ3) is 5.67. The van der Waals surface area contributed by atoms with Crippen LogP contribution in [0.2, 0.25) is 0 Å². The number of aromatic hydroxyl groups is 1. The molecule has 35 heavy (non-hydrogen) atoms. The van der Waals surface area contributed by atoms with Gasteiger partial charge >= 0.3 is 0 Å². The summed E-state index contributed by atoms with van der Waals surface area (Å²) in [5, 5.41) is 25.6. The predicted molar refractivity (Wildman–Crippen MR) is 140 cm³/mol. The quantitative estimate of drug-likeness (QED) is 0.109. The molecule has 1 unspecified atom stereocenters. The number of nitrogens with two attached hydrogens (primary N) is 1. The fourth-order valence-corrected chi connectivity index (χ4v) is 4.16. The highest BCUT2D eigenvalue weighted by Crippen LogP contribution is 2.30. The van der Waals surface area contributed by atoms with Crippen molar-refractivity contribution in [2.45, 2.75) is 39.3 Å². The largest absolute Gasteiger partial charge is 0.494 e. The minimum Gasteiger partial charge on any atom is -0.494 e. The lowest BCUT2D eigenvalue weighted by atomic mass is 10.0. The molecule has 0 saturated heterocycles.